The Morgan fingerprint density at radius 2 is 1.68 bits per heavy atom. The molecular weight excluding hydrogens is 420 g/mol. The SMILES string of the molecule is C[C@]12CCC3C(CC[C@@H]4CC(=O)C=CN34)C1CC[C@@H]2N(C(=O)c1ccccc1)c1ccccc1. The van der Waals surface area contributed by atoms with Crippen molar-refractivity contribution in [2.24, 2.45) is 17.3 Å². The van der Waals surface area contributed by atoms with Crippen LogP contribution in [0.15, 0.2) is 72.9 Å². The number of nitrogens with zero attached hydrogens (tertiary/aromatic N) is 2. The molecule has 34 heavy (non-hydrogen) atoms. The molecule has 1 amide bonds. The Kier molecular flexibility index (Phi) is 5.35. The number of anilines is 1. The molecule has 4 nitrogen and oxygen atoms in total. The fourth-order valence-corrected chi connectivity index (χ4v) is 7.89. The van der Waals surface area contributed by atoms with Crippen molar-refractivity contribution in [1.82, 2.24) is 4.90 Å². The molecule has 2 aromatic rings. The number of carbonyl (C=O) groups is 2. The van der Waals surface area contributed by atoms with Gasteiger partial charge in [0.1, 0.15) is 0 Å². The summed E-state index contributed by atoms with van der Waals surface area (Å²) in [7, 11) is 0. The molecule has 2 aliphatic heterocycles. The first-order valence-corrected chi connectivity index (χ1v) is 13.0. The quantitative estimate of drug-likeness (QED) is 0.584. The number of allylic oxidation sites excluding steroid dienone is 1. The molecule has 6 atom stereocenters. The van der Waals surface area contributed by atoms with E-state index in [0.717, 1.165) is 36.9 Å². The van der Waals surface area contributed by atoms with Crippen LogP contribution in [0.1, 0.15) is 62.2 Å². The largest absolute Gasteiger partial charge is 0.371 e. The van der Waals surface area contributed by atoms with E-state index in [1.54, 1.807) is 6.08 Å². The summed E-state index contributed by atoms with van der Waals surface area (Å²) in [5, 5.41) is 0. The van der Waals surface area contributed by atoms with E-state index < -0.39 is 0 Å². The maximum absolute atomic E-state index is 13.9. The molecule has 2 heterocycles. The van der Waals surface area contributed by atoms with Gasteiger partial charge in [0.2, 0.25) is 0 Å². The number of carbonyl (C=O) groups excluding carboxylic acids is 2. The van der Waals surface area contributed by atoms with Crippen LogP contribution in [-0.2, 0) is 4.79 Å². The fraction of sp³-hybridized carbons (Fsp3) is 0.467. The van der Waals surface area contributed by atoms with Gasteiger partial charge in [-0.1, -0.05) is 43.3 Å². The van der Waals surface area contributed by atoms with E-state index in [4.69, 9.17) is 0 Å². The Morgan fingerprint density at radius 1 is 0.941 bits per heavy atom. The summed E-state index contributed by atoms with van der Waals surface area (Å²) < 4.78 is 0. The van der Waals surface area contributed by atoms with Gasteiger partial charge >= 0.3 is 0 Å². The van der Waals surface area contributed by atoms with Crippen LogP contribution in [-0.4, -0.2) is 34.7 Å². The van der Waals surface area contributed by atoms with Gasteiger partial charge in [-0.15, -0.1) is 0 Å². The number of hydrogen-bond acceptors (Lipinski definition) is 3. The predicted molar refractivity (Wildman–Crippen MR) is 134 cm³/mol. The second-order valence-corrected chi connectivity index (χ2v) is 11.0. The van der Waals surface area contributed by atoms with Crippen LogP contribution in [0.4, 0.5) is 5.69 Å². The maximum Gasteiger partial charge on any atom is 0.258 e. The lowest BCUT2D eigenvalue weighted by atomic mass is 9.58. The standard InChI is InChI=1S/C30H34N2O2/c1-30-18-16-27-25(13-12-23-20-24(33)17-19-31(23)27)26(30)14-15-28(30)32(22-10-6-3-7-11-22)29(34)21-8-4-2-5-9-21/h2-11,17,19,23,25-28H,12-16,18,20H2,1H3/t23-,25?,26?,27?,28+,30+/m1/s1. The monoisotopic (exact) mass is 454 g/mol. The first-order valence-electron chi connectivity index (χ1n) is 13.0. The van der Waals surface area contributed by atoms with Crippen molar-refractivity contribution in [2.45, 2.75) is 70.0 Å². The Hall–Kier alpha value is -2.88. The summed E-state index contributed by atoms with van der Waals surface area (Å²) in [4.78, 5) is 30.6. The third-order valence-corrected chi connectivity index (χ3v) is 9.44. The number of rotatable bonds is 3. The van der Waals surface area contributed by atoms with Crippen LogP contribution >= 0.6 is 0 Å². The molecule has 2 aliphatic carbocycles. The minimum absolute atomic E-state index is 0.101. The number of hydrogen-bond donors (Lipinski definition) is 0. The van der Waals surface area contributed by atoms with Gasteiger partial charge in [0.25, 0.3) is 5.91 Å². The van der Waals surface area contributed by atoms with E-state index >= 15 is 0 Å². The van der Waals surface area contributed by atoms with Crippen LogP contribution in [0.5, 0.6) is 0 Å². The lowest BCUT2D eigenvalue weighted by Crippen LogP contribution is -2.59. The lowest BCUT2D eigenvalue weighted by Gasteiger charge is -2.57. The molecule has 0 spiro atoms. The molecule has 2 saturated carbocycles. The molecule has 4 aliphatic rings. The summed E-state index contributed by atoms with van der Waals surface area (Å²) >= 11 is 0. The summed E-state index contributed by atoms with van der Waals surface area (Å²) in [5.74, 6) is 1.64. The second kappa shape index (κ2) is 8.41. The molecular formula is C30H34N2O2. The zero-order valence-corrected chi connectivity index (χ0v) is 20.0. The third-order valence-electron chi connectivity index (χ3n) is 9.44. The highest BCUT2D eigenvalue weighted by molar-refractivity contribution is 6.06. The van der Waals surface area contributed by atoms with Crippen molar-refractivity contribution in [2.75, 3.05) is 4.90 Å². The molecule has 0 aromatic heterocycles. The Balaban J connectivity index is 1.33. The Labute approximate surface area is 202 Å². The Morgan fingerprint density at radius 3 is 2.44 bits per heavy atom. The number of benzene rings is 2. The van der Waals surface area contributed by atoms with Crippen LogP contribution in [0.3, 0.4) is 0 Å². The zero-order valence-electron chi connectivity index (χ0n) is 20.0. The van der Waals surface area contributed by atoms with Gasteiger partial charge in [0.05, 0.1) is 0 Å². The lowest BCUT2D eigenvalue weighted by molar-refractivity contribution is -0.118. The normalized spacial score (nSPS) is 34.2. The summed E-state index contributed by atoms with van der Waals surface area (Å²) in [6.45, 7) is 2.46. The van der Waals surface area contributed by atoms with Gasteiger partial charge in [-0.25, -0.2) is 0 Å². The Bertz CT molecular complexity index is 1100. The molecule has 1 saturated heterocycles. The summed E-state index contributed by atoms with van der Waals surface area (Å²) in [6, 6.07) is 21.2. The van der Waals surface area contributed by atoms with E-state index in [0.29, 0.717) is 30.3 Å². The molecule has 3 fully saturated rings. The molecule has 0 N–H and O–H groups in total. The third kappa shape index (κ3) is 3.41. The van der Waals surface area contributed by atoms with Gasteiger partial charge < -0.3 is 9.80 Å². The molecule has 0 bridgehead atoms. The van der Waals surface area contributed by atoms with Crippen molar-refractivity contribution >= 4 is 17.4 Å². The molecule has 6 rings (SSSR count). The highest BCUT2D eigenvalue weighted by Crippen LogP contribution is 2.59. The van der Waals surface area contributed by atoms with Gasteiger partial charge in [-0.2, -0.15) is 0 Å². The highest BCUT2D eigenvalue weighted by Gasteiger charge is 2.58. The fourth-order valence-electron chi connectivity index (χ4n) is 7.89. The number of ketones is 1. The first-order chi connectivity index (χ1) is 16.6. The number of para-hydroxylation sites is 1. The minimum Gasteiger partial charge on any atom is -0.371 e. The molecule has 3 unspecified atom stereocenters. The van der Waals surface area contributed by atoms with Crippen LogP contribution in [0, 0.1) is 17.3 Å². The van der Waals surface area contributed by atoms with E-state index in [2.05, 4.69) is 35.1 Å². The van der Waals surface area contributed by atoms with E-state index in [1.165, 1.54) is 12.8 Å². The highest BCUT2D eigenvalue weighted by atomic mass is 16.2. The average molecular weight is 455 g/mol. The number of piperidine rings is 1. The molecule has 2 aromatic carbocycles. The van der Waals surface area contributed by atoms with E-state index in [9.17, 15) is 9.59 Å². The van der Waals surface area contributed by atoms with Crippen molar-refractivity contribution in [3.63, 3.8) is 0 Å². The number of amides is 1. The van der Waals surface area contributed by atoms with Gasteiger partial charge in [-0.3, -0.25) is 9.59 Å². The molecule has 4 heteroatoms. The molecule has 176 valence electrons. The second-order valence-electron chi connectivity index (χ2n) is 11.0. The molecule has 0 radical (unpaired) electrons. The van der Waals surface area contributed by atoms with Gasteiger partial charge in [-0.05, 0) is 86.1 Å². The van der Waals surface area contributed by atoms with Crippen LogP contribution < -0.4 is 4.90 Å². The van der Waals surface area contributed by atoms with Crippen molar-refractivity contribution in [3.8, 4) is 0 Å². The number of fused-ring (bicyclic) bond motifs is 5. The first kappa shape index (κ1) is 21.6. The zero-order chi connectivity index (χ0) is 23.3. The van der Waals surface area contributed by atoms with Crippen LogP contribution in [0.25, 0.3) is 0 Å². The topological polar surface area (TPSA) is 40.6 Å². The van der Waals surface area contributed by atoms with E-state index in [1.807, 2.05) is 48.5 Å². The van der Waals surface area contributed by atoms with Crippen molar-refractivity contribution in [1.29, 1.82) is 0 Å². The maximum atomic E-state index is 13.9. The predicted octanol–water partition coefficient (Wildman–Crippen LogP) is 5.85. The minimum atomic E-state index is 0.101. The summed E-state index contributed by atoms with van der Waals surface area (Å²) in [6.07, 6.45) is 11.4. The average Bonchev–Trinajstić information content (AvgIpc) is 3.22. The van der Waals surface area contributed by atoms with Gasteiger partial charge in [0.15, 0.2) is 5.78 Å². The summed E-state index contributed by atoms with van der Waals surface area (Å²) in [5.41, 5.74) is 1.87. The van der Waals surface area contributed by atoms with Crippen molar-refractivity contribution < 1.29 is 9.59 Å². The van der Waals surface area contributed by atoms with Crippen LogP contribution in [0.2, 0.25) is 0 Å². The van der Waals surface area contributed by atoms with Crippen molar-refractivity contribution in [3.05, 3.63) is 78.5 Å². The van der Waals surface area contributed by atoms with Gasteiger partial charge in [0, 0.05) is 42.0 Å². The smallest absolute Gasteiger partial charge is 0.258 e. The van der Waals surface area contributed by atoms with E-state index in [-0.39, 0.29) is 23.1 Å².